The third kappa shape index (κ3) is 3.35. The lowest BCUT2D eigenvalue weighted by molar-refractivity contribution is -0.157. The van der Waals surface area contributed by atoms with Crippen molar-refractivity contribution >= 4 is 46.3 Å². The van der Waals surface area contributed by atoms with Crippen LogP contribution in [0.5, 0.6) is 0 Å². The zero-order valence-corrected chi connectivity index (χ0v) is 22.1. The first-order chi connectivity index (χ1) is 16.6. The first kappa shape index (κ1) is 24.5. The zero-order chi connectivity index (χ0) is 25.3. The molecule has 188 valence electrons. The Morgan fingerprint density at radius 1 is 1.20 bits per heavy atom. The number of rotatable bonds is 5. The summed E-state index contributed by atoms with van der Waals surface area (Å²) in [5, 5.41) is 0. The molecule has 9 nitrogen and oxygen atoms in total. The van der Waals surface area contributed by atoms with Gasteiger partial charge in [-0.05, 0) is 37.7 Å². The molecule has 1 aromatic heterocycles. The second-order valence-electron chi connectivity index (χ2n) is 10.1. The van der Waals surface area contributed by atoms with Gasteiger partial charge in [-0.2, -0.15) is 0 Å². The Labute approximate surface area is 216 Å². The number of allylic oxidation sites excluding steroid dienone is 1. The SMILES string of the molecule is COC[C@H]1OC(=O)c2coc3c2[C@@]1(C)C1=C(C3=O)[C@@H]2CC[C@H](OC(=O)CI)[C@@]2(C)C[C@H]1OC(C)=O. The third-order valence-electron chi connectivity index (χ3n) is 8.28. The van der Waals surface area contributed by atoms with Gasteiger partial charge in [-0.25, -0.2) is 4.79 Å². The van der Waals surface area contributed by atoms with Crippen LogP contribution < -0.4 is 0 Å². The Bertz CT molecular complexity index is 1170. The fourth-order valence-electron chi connectivity index (χ4n) is 6.84. The number of ketones is 1. The molecule has 0 spiro atoms. The fourth-order valence-corrected chi connectivity index (χ4v) is 7.02. The highest BCUT2D eigenvalue weighted by atomic mass is 127. The van der Waals surface area contributed by atoms with Gasteiger partial charge in [0.2, 0.25) is 5.78 Å². The summed E-state index contributed by atoms with van der Waals surface area (Å²) in [4.78, 5) is 51.2. The van der Waals surface area contributed by atoms with Gasteiger partial charge in [-0.3, -0.25) is 14.4 Å². The molecule has 0 radical (unpaired) electrons. The van der Waals surface area contributed by atoms with Crippen molar-refractivity contribution in [1.29, 1.82) is 0 Å². The summed E-state index contributed by atoms with van der Waals surface area (Å²) < 4.78 is 28.8. The summed E-state index contributed by atoms with van der Waals surface area (Å²) in [7, 11) is 1.51. The van der Waals surface area contributed by atoms with Crippen LogP contribution in [-0.2, 0) is 34.0 Å². The molecular formula is C25H27IO9. The van der Waals surface area contributed by atoms with Crippen LogP contribution in [0.3, 0.4) is 0 Å². The fraction of sp³-hybridized carbons (Fsp3) is 0.600. The van der Waals surface area contributed by atoms with E-state index < -0.39 is 41.1 Å². The monoisotopic (exact) mass is 598 g/mol. The van der Waals surface area contributed by atoms with E-state index in [2.05, 4.69) is 0 Å². The lowest BCUT2D eigenvalue weighted by Gasteiger charge is -2.52. The standard InChI is InChI=1S/C25H27IO9/c1-11(27)33-14-7-24(2)13(5-6-15(24)34-17(28)8-26)18-20(14)25(3)16(10-31-4)35-23(30)12-9-32-22(19(12)25)21(18)29/h9,13-16H,5-8,10H2,1-4H3/t13-,14+,15-,16+,24-,25-/m0/s1. The summed E-state index contributed by atoms with van der Waals surface area (Å²) in [6, 6.07) is 0. The minimum Gasteiger partial charge on any atom is -0.461 e. The lowest BCUT2D eigenvalue weighted by Crippen LogP contribution is -2.57. The van der Waals surface area contributed by atoms with Crippen LogP contribution in [0, 0.1) is 11.3 Å². The normalized spacial score (nSPS) is 35.1. The van der Waals surface area contributed by atoms with E-state index in [4.69, 9.17) is 23.4 Å². The molecule has 0 saturated heterocycles. The molecule has 1 saturated carbocycles. The second-order valence-corrected chi connectivity index (χ2v) is 10.9. The van der Waals surface area contributed by atoms with Crippen molar-refractivity contribution in [1.82, 2.24) is 0 Å². The van der Waals surface area contributed by atoms with Crippen molar-refractivity contribution in [2.75, 3.05) is 18.1 Å². The molecule has 4 aliphatic rings. The maximum atomic E-state index is 14.0. The van der Waals surface area contributed by atoms with Crippen LogP contribution in [0.25, 0.3) is 0 Å². The van der Waals surface area contributed by atoms with Crippen LogP contribution in [0.4, 0.5) is 0 Å². The number of carbonyl (C=O) groups excluding carboxylic acids is 4. The molecule has 0 unspecified atom stereocenters. The van der Waals surface area contributed by atoms with Gasteiger partial charge in [-0.1, -0.05) is 29.5 Å². The number of ether oxygens (including phenoxy) is 4. The van der Waals surface area contributed by atoms with E-state index in [9.17, 15) is 19.2 Å². The van der Waals surface area contributed by atoms with E-state index in [1.165, 1.54) is 20.3 Å². The predicted octanol–water partition coefficient (Wildman–Crippen LogP) is 3.31. The van der Waals surface area contributed by atoms with Crippen molar-refractivity contribution < 1.29 is 42.5 Å². The molecule has 2 heterocycles. The Morgan fingerprint density at radius 3 is 2.60 bits per heavy atom. The Kier molecular flexibility index (Phi) is 5.90. The smallest absolute Gasteiger partial charge is 0.342 e. The third-order valence-corrected chi connectivity index (χ3v) is 8.90. The van der Waals surface area contributed by atoms with Gasteiger partial charge in [0.1, 0.15) is 30.1 Å². The number of methoxy groups -OCH3 is 1. The number of cyclic esters (lactones) is 1. The number of fused-ring (bicyclic) bond motifs is 3. The number of furan rings is 1. The molecule has 0 bridgehead atoms. The van der Waals surface area contributed by atoms with Crippen molar-refractivity contribution in [2.45, 2.75) is 63.8 Å². The molecule has 10 heteroatoms. The van der Waals surface area contributed by atoms with Crippen LogP contribution >= 0.6 is 22.6 Å². The average Bonchev–Trinajstić information content (AvgIpc) is 3.38. The second kappa shape index (κ2) is 8.43. The van der Waals surface area contributed by atoms with Crippen LogP contribution in [0.15, 0.2) is 21.8 Å². The van der Waals surface area contributed by atoms with Gasteiger partial charge < -0.3 is 23.4 Å². The number of Topliss-reactive ketones (excluding diaryl/α,β-unsaturated/α-hetero) is 1. The number of esters is 3. The van der Waals surface area contributed by atoms with Gasteiger partial charge in [0.15, 0.2) is 5.76 Å². The van der Waals surface area contributed by atoms with Gasteiger partial charge in [0.05, 0.1) is 16.4 Å². The molecule has 0 N–H and O–H groups in total. The first-order valence-electron chi connectivity index (χ1n) is 11.6. The van der Waals surface area contributed by atoms with E-state index in [1.807, 2.05) is 36.4 Å². The molecule has 5 rings (SSSR count). The highest BCUT2D eigenvalue weighted by molar-refractivity contribution is 14.1. The molecular weight excluding hydrogens is 571 g/mol. The number of alkyl halides is 1. The van der Waals surface area contributed by atoms with Crippen LogP contribution in [0.1, 0.15) is 66.5 Å². The highest BCUT2D eigenvalue weighted by Crippen LogP contribution is 2.62. The molecule has 6 atom stereocenters. The van der Waals surface area contributed by atoms with Gasteiger partial charge >= 0.3 is 17.9 Å². The first-order valence-corrected chi connectivity index (χ1v) is 13.1. The Balaban J connectivity index is 1.74. The largest absolute Gasteiger partial charge is 0.461 e. The highest BCUT2D eigenvalue weighted by Gasteiger charge is 2.65. The summed E-state index contributed by atoms with van der Waals surface area (Å²) in [6.45, 7) is 5.29. The Hall–Kier alpha value is -2.21. The topological polar surface area (TPSA) is 118 Å². The summed E-state index contributed by atoms with van der Waals surface area (Å²) in [5.41, 5.74) is 0.180. The van der Waals surface area contributed by atoms with E-state index in [0.717, 1.165) is 0 Å². The van der Waals surface area contributed by atoms with Crippen molar-refractivity contribution in [3.63, 3.8) is 0 Å². The molecule has 0 amide bonds. The maximum absolute atomic E-state index is 14.0. The minimum atomic E-state index is -0.997. The van der Waals surface area contributed by atoms with Gasteiger partial charge in [-0.15, -0.1) is 0 Å². The number of carbonyl (C=O) groups is 4. The van der Waals surface area contributed by atoms with E-state index in [-0.39, 0.29) is 40.0 Å². The lowest BCUT2D eigenvalue weighted by atomic mass is 9.54. The Morgan fingerprint density at radius 2 is 1.94 bits per heavy atom. The zero-order valence-electron chi connectivity index (χ0n) is 20.0. The van der Waals surface area contributed by atoms with Gasteiger partial charge in [0, 0.05) is 30.6 Å². The van der Waals surface area contributed by atoms with Crippen molar-refractivity contribution in [3.8, 4) is 0 Å². The van der Waals surface area contributed by atoms with E-state index in [0.29, 0.717) is 36.0 Å². The van der Waals surface area contributed by atoms with Crippen molar-refractivity contribution in [2.24, 2.45) is 11.3 Å². The van der Waals surface area contributed by atoms with Crippen LogP contribution in [-0.4, -0.2) is 60.1 Å². The van der Waals surface area contributed by atoms with E-state index in [1.54, 1.807) is 0 Å². The number of hydrogen-bond acceptors (Lipinski definition) is 9. The van der Waals surface area contributed by atoms with Crippen molar-refractivity contribution in [3.05, 3.63) is 34.3 Å². The van der Waals surface area contributed by atoms with E-state index >= 15 is 0 Å². The summed E-state index contributed by atoms with van der Waals surface area (Å²) in [6.07, 6.45) is 0.903. The summed E-state index contributed by atoms with van der Waals surface area (Å²) in [5.74, 6) is -1.85. The molecule has 1 aromatic rings. The quantitative estimate of drug-likeness (QED) is 0.218. The number of hydrogen-bond donors (Lipinski definition) is 0. The molecule has 35 heavy (non-hydrogen) atoms. The summed E-state index contributed by atoms with van der Waals surface area (Å²) >= 11 is 1.96. The average molecular weight is 598 g/mol. The maximum Gasteiger partial charge on any atom is 0.342 e. The molecule has 1 fully saturated rings. The predicted molar refractivity (Wildman–Crippen MR) is 128 cm³/mol. The molecule has 1 aliphatic heterocycles. The van der Waals surface area contributed by atoms with Gasteiger partial charge in [0.25, 0.3) is 0 Å². The molecule has 0 aromatic carbocycles. The van der Waals surface area contributed by atoms with Crippen LogP contribution in [0.2, 0.25) is 0 Å². The minimum absolute atomic E-state index is 0.0852. The number of halogens is 1. The molecule has 3 aliphatic carbocycles.